The van der Waals surface area contributed by atoms with E-state index in [1.54, 1.807) is 5.32 Å². The standard InChI is InChI=1S/C21H13BrCl3F7N2O2/c22-13-3-9(1-2-11(13)19(36)33-7-17(35)34-8-20(27,28)29)16(26)6-12(21(30,31)32)10-4-14(23)18(25)15(24)5-10/h1-6,12H,7-8H2,(H,33,36)(H,34,35)/b16-6-. The van der Waals surface area contributed by atoms with Crippen molar-refractivity contribution in [3.63, 3.8) is 0 Å². The number of carbonyl (C=O) groups excluding carboxylic acids is 2. The lowest BCUT2D eigenvalue weighted by Crippen LogP contribution is -2.40. The van der Waals surface area contributed by atoms with Crippen molar-refractivity contribution in [1.82, 2.24) is 10.6 Å². The number of hydrogen-bond acceptors (Lipinski definition) is 2. The van der Waals surface area contributed by atoms with Gasteiger partial charge in [0, 0.05) is 10.0 Å². The molecule has 0 fully saturated rings. The molecule has 0 spiro atoms. The number of alkyl halides is 6. The van der Waals surface area contributed by atoms with Gasteiger partial charge in [-0.1, -0.05) is 40.9 Å². The van der Waals surface area contributed by atoms with Gasteiger partial charge in [-0.2, -0.15) is 26.3 Å². The molecule has 196 valence electrons. The van der Waals surface area contributed by atoms with Crippen molar-refractivity contribution in [1.29, 1.82) is 0 Å². The first-order valence-electron chi connectivity index (χ1n) is 9.49. The normalized spacial score (nSPS) is 13.4. The minimum Gasteiger partial charge on any atom is -0.345 e. The van der Waals surface area contributed by atoms with Crippen LogP contribution in [0.4, 0.5) is 30.7 Å². The molecular weight excluding hydrogens is 631 g/mol. The minimum atomic E-state index is -4.93. The lowest BCUT2D eigenvalue weighted by Gasteiger charge is -2.19. The smallest absolute Gasteiger partial charge is 0.345 e. The van der Waals surface area contributed by atoms with Crippen molar-refractivity contribution in [2.45, 2.75) is 18.3 Å². The molecule has 1 atom stereocenters. The van der Waals surface area contributed by atoms with Crippen LogP contribution in [0.15, 0.2) is 40.9 Å². The quantitative estimate of drug-likeness (QED) is 0.243. The van der Waals surface area contributed by atoms with E-state index in [-0.39, 0.29) is 30.7 Å². The monoisotopic (exact) mass is 642 g/mol. The summed E-state index contributed by atoms with van der Waals surface area (Å²) in [4.78, 5) is 23.6. The third kappa shape index (κ3) is 8.53. The van der Waals surface area contributed by atoms with Crippen LogP contribution in [0.2, 0.25) is 15.1 Å². The van der Waals surface area contributed by atoms with Crippen LogP contribution in [-0.4, -0.2) is 37.3 Å². The summed E-state index contributed by atoms with van der Waals surface area (Å²) in [5, 5.41) is 2.95. The molecule has 2 rings (SSSR count). The summed E-state index contributed by atoms with van der Waals surface area (Å²) in [7, 11) is 0. The first-order chi connectivity index (χ1) is 16.5. The van der Waals surface area contributed by atoms with E-state index in [2.05, 4.69) is 21.2 Å². The summed E-state index contributed by atoms with van der Waals surface area (Å²) in [5.41, 5.74) is -0.948. The Hall–Kier alpha value is -2.02. The molecule has 0 aromatic heterocycles. The molecule has 0 bridgehead atoms. The molecule has 2 aromatic rings. The van der Waals surface area contributed by atoms with Crippen molar-refractivity contribution < 1.29 is 40.3 Å². The number of hydrogen-bond donors (Lipinski definition) is 2. The van der Waals surface area contributed by atoms with Crippen LogP contribution in [0.25, 0.3) is 5.83 Å². The molecule has 0 aliphatic heterocycles. The lowest BCUT2D eigenvalue weighted by molar-refractivity contribution is -0.139. The fourth-order valence-corrected chi connectivity index (χ4v) is 3.91. The zero-order chi connectivity index (χ0) is 27.4. The number of carbonyl (C=O) groups is 2. The van der Waals surface area contributed by atoms with Crippen LogP contribution in [0.1, 0.15) is 27.4 Å². The molecule has 0 aliphatic rings. The maximum Gasteiger partial charge on any atom is 0.405 e. The fraction of sp³-hybridized carbons (Fsp3) is 0.238. The summed E-state index contributed by atoms with van der Waals surface area (Å²) in [6.07, 6.45) is -9.27. The molecular formula is C21H13BrCl3F7N2O2. The number of nitrogens with one attached hydrogen (secondary N) is 2. The largest absolute Gasteiger partial charge is 0.405 e. The van der Waals surface area contributed by atoms with Gasteiger partial charge in [0.15, 0.2) is 0 Å². The van der Waals surface area contributed by atoms with Crippen molar-refractivity contribution in [3.8, 4) is 0 Å². The van der Waals surface area contributed by atoms with Crippen molar-refractivity contribution in [3.05, 3.63) is 72.6 Å². The highest BCUT2D eigenvalue weighted by molar-refractivity contribution is 9.10. The molecule has 1 unspecified atom stereocenters. The average molecular weight is 645 g/mol. The van der Waals surface area contributed by atoms with Gasteiger partial charge in [-0.25, -0.2) is 4.39 Å². The lowest BCUT2D eigenvalue weighted by atomic mass is 9.96. The first kappa shape index (κ1) is 30.2. The van der Waals surface area contributed by atoms with Crippen LogP contribution in [0.3, 0.4) is 0 Å². The van der Waals surface area contributed by atoms with E-state index >= 15 is 0 Å². The van der Waals surface area contributed by atoms with Crippen molar-refractivity contribution in [2.24, 2.45) is 0 Å². The molecule has 0 radical (unpaired) electrons. The minimum absolute atomic E-state index is 0.0575. The Morgan fingerprint density at radius 1 is 0.972 bits per heavy atom. The van der Waals surface area contributed by atoms with Crippen LogP contribution in [-0.2, 0) is 4.79 Å². The summed E-state index contributed by atoms with van der Waals surface area (Å²) in [6, 6.07) is 4.89. The summed E-state index contributed by atoms with van der Waals surface area (Å²) in [6.45, 7) is -2.37. The third-order valence-electron chi connectivity index (χ3n) is 4.42. The molecule has 0 heterocycles. The Labute approximate surface area is 222 Å². The second kappa shape index (κ2) is 12.0. The van der Waals surface area contributed by atoms with Crippen LogP contribution in [0.5, 0.6) is 0 Å². The predicted octanol–water partition coefficient (Wildman–Crippen LogP) is 7.47. The molecule has 4 nitrogen and oxygen atoms in total. The highest BCUT2D eigenvalue weighted by Crippen LogP contribution is 2.42. The molecule has 0 saturated carbocycles. The second-order valence-electron chi connectivity index (χ2n) is 7.10. The van der Waals surface area contributed by atoms with Crippen LogP contribution >= 0.6 is 50.7 Å². The maximum atomic E-state index is 14.8. The van der Waals surface area contributed by atoms with E-state index in [9.17, 15) is 40.3 Å². The summed E-state index contributed by atoms with van der Waals surface area (Å²) in [5.74, 6) is -5.75. The van der Waals surface area contributed by atoms with Gasteiger partial charge >= 0.3 is 12.4 Å². The van der Waals surface area contributed by atoms with Crippen molar-refractivity contribution >= 4 is 68.4 Å². The molecule has 36 heavy (non-hydrogen) atoms. The molecule has 2 N–H and O–H groups in total. The molecule has 0 aliphatic carbocycles. The van der Waals surface area contributed by atoms with Gasteiger partial charge in [0.1, 0.15) is 18.3 Å². The number of benzene rings is 2. The van der Waals surface area contributed by atoms with E-state index in [4.69, 9.17) is 34.8 Å². The number of halogens is 11. The van der Waals surface area contributed by atoms with E-state index in [0.29, 0.717) is 6.08 Å². The zero-order valence-electron chi connectivity index (χ0n) is 17.4. The zero-order valence-corrected chi connectivity index (χ0v) is 21.3. The van der Waals surface area contributed by atoms with E-state index in [1.165, 1.54) is 0 Å². The number of amides is 2. The Morgan fingerprint density at radius 3 is 2.06 bits per heavy atom. The third-order valence-corrected chi connectivity index (χ3v) is 6.27. The van der Waals surface area contributed by atoms with Gasteiger partial charge in [-0.3, -0.25) is 9.59 Å². The highest BCUT2D eigenvalue weighted by Gasteiger charge is 2.40. The molecule has 2 aromatic carbocycles. The van der Waals surface area contributed by atoms with E-state index < -0.39 is 54.6 Å². The second-order valence-corrected chi connectivity index (χ2v) is 9.15. The first-order valence-corrected chi connectivity index (χ1v) is 11.4. The Morgan fingerprint density at radius 2 is 1.56 bits per heavy atom. The molecule has 2 amide bonds. The Bertz CT molecular complexity index is 1160. The highest BCUT2D eigenvalue weighted by atomic mass is 79.9. The molecule has 15 heteroatoms. The van der Waals surface area contributed by atoms with Crippen LogP contribution < -0.4 is 10.6 Å². The number of allylic oxidation sites excluding steroid dienone is 1. The van der Waals surface area contributed by atoms with Crippen LogP contribution in [0, 0.1) is 0 Å². The summed E-state index contributed by atoms with van der Waals surface area (Å²) >= 11 is 20.3. The van der Waals surface area contributed by atoms with Gasteiger partial charge < -0.3 is 10.6 Å². The number of rotatable bonds is 7. The molecule has 0 saturated heterocycles. The van der Waals surface area contributed by atoms with E-state index in [0.717, 1.165) is 30.3 Å². The van der Waals surface area contributed by atoms with Gasteiger partial charge in [-0.05, 0) is 51.8 Å². The maximum absolute atomic E-state index is 14.8. The SMILES string of the molecule is O=C(CNC(=O)c1ccc(/C(F)=C/C(c2cc(Cl)c(Cl)c(Cl)c2)C(F)(F)F)cc1Br)NCC(F)(F)F. The fourth-order valence-electron chi connectivity index (χ4n) is 2.74. The van der Waals surface area contributed by atoms with Crippen molar-refractivity contribution in [2.75, 3.05) is 13.1 Å². The topological polar surface area (TPSA) is 58.2 Å². The predicted molar refractivity (Wildman–Crippen MR) is 125 cm³/mol. The van der Waals surface area contributed by atoms with Gasteiger partial charge in [0.25, 0.3) is 5.91 Å². The Kier molecular flexibility index (Phi) is 10.1. The Balaban J connectivity index is 2.23. The average Bonchev–Trinajstić information content (AvgIpc) is 2.76. The van der Waals surface area contributed by atoms with Gasteiger partial charge in [0.05, 0.1) is 27.2 Å². The van der Waals surface area contributed by atoms with E-state index in [1.807, 2.05) is 0 Å². The van der Waals surface area contributed by atoms with Gasteiger partial charge in [-0.15, -0.1) is 0 Å². The summed E-state index contributed by atoms with van der Waals surface area (Å²) < 4.78 is 92.1. The van der Waals surface area contributed by atoms with Gasteiger partial charge in [0.2, 0.25) is 5.91 Å².